The van der Waals surface area contributed by atoms with Crippen molar-refractivity contribution < 1.29 is 14.6 Å². The molecule has 2 aromatic rings. The highest BCUT2D eigenvalue weighted by atomic mass is 16.5. The molecule has 0 saturated carbocycles. The quantitative estimate of drug-likeness (QED) is 0.924. The van der Waals surface area contributed by atoms with E-state index in [-0.39, 0.29) is 5.56 Å². The molecule has 0 aliphatic heterocycles. The van der Waals surface area contributed by atoms with Crippen molar-refractivity contribution in [2.24, 2.45) is 0 Å². The van der Waals surface area contributed by atoms with Gasteiger partial charge in [-0.25, -0.2) is 9.78 Å². The molecule has 1 heterocycles. The van der Waals surface area contributed by atoms with E-state index in [0.717, 1.165) is 11.1 Å². The molecule has 0 bridgehead atoms. The summed E-state index contributed by atoms with van der Waals surface area (Å²) in [7, 11) is 0. The van der Waals surface area contributed by atoms with Gasteiger partial charge in [-0.3, -0.25) is 0 Å². The van der Waals surface area contributed by atoms with E-state index in [1.807, 2.05) is 13.8 Å². The lowest BCUT2D eigenvalue weighted by Crippen LogP contribution is -1.98. The van der Waals surface area contributed by atoms with Crippen molar-refractivity contribution >= 4 is 5.97 Å². The third-order valence-corrected chi connectivity index (χ3v) is 2.78. The van der Waals surface area contributed by atoms with E-state index < -0.39 is 5.97 Å². The summed E-state index contributed by atoms with van der Waals surface area (Å²) in [6, 6.07) is 8.47. The topological polar surface area (TPSA) is 83.2 Å². The molecular weight excluding hydrogens is 256 g/mol. The SMILES string of the molecule is Cc1cc(C#N)cc(C)c1Oc1ccc(C(=O)O)cn1. The molecule has 0 aliphatic carbocycles. The molecule has 2 rings (SSSR count). The number of aromatic nitrogens is 1. The van der Waals surface area contributed by atoms with E-state index in [9.17, 15) is 4.79 Å². The molecule has 0 fully saturated rings. The predicted octanol–water partition coefficient (Wildman–Crippen LogP) is 3.06. The van der Waals surface area contributed by atoms with Crippen LogP contribution in [0, 0.1) is 25.2 Å². The second kappa shape index (κ2) is 5.41. The summed E-state index contributed by atoms with van der Waals surface area (Å²) in [4.78, 5) is 14.7. The van der Waals surface area contributed by atoms with Crippen molar-refractivity contribution in [2.75, 3.05) is 0 Å². The number of nitrogens with zero attached hydrogens (tertiary/aromatic N) is 2. The molecule has 20 heavy (non-hydrogen) atoms. The molecule has 5 heteroatoms. The maximum absolute atomic E-state index is 10.7. The van der Waals surface area contributed by atoms with Gasteiger partial charge < -0.3 is 9.84 Å². The highest BCUT2D eigenvalue weighted by Gasteiger charge is 2.09. The first-order valence-corrected chi connectivity index (χ1v) is 5.90. The Morgan fingerprint density at radius 3 is 2.40 bits per heavy atom. The predicted molar refractivity (Wildman–Crippen MR) is 71.9 cm³/mol. The van der Waals surface area contributed by atoms with E-state index in [1.54, 1.807) is 12.1 Å². The van der Waals surface area contributed by atoms with E-state index in [1.165, 1.54) is 18.3 Å². The Labute approximate surface area is 116 Å². The van der Waals surface area contributed by atoms with Crippen LogP contribution in [0.2, 0.25) is 0 Å². The Kier molecular flexibility index (Phi) is 3.67. The molecular formula is C15H12N2O3. The number of nitriles is 1. The van der Waals surface area contributed by atoms with Crippen molar-refractivity contribution in [1.29, 1.82) is 5.26 Å². The average molecular weight is 268 g/mol. The molecule has 0 unspecified atom stereocenters. The number of aromatic carboxylic acids is 1. The van der Waals surface area contributed by atoms with Gasteiger partial charge in [0.25, 0.3) is 0 Å². The van der Waals surface area contributed by atoms with Crippen LogP contribution in [0.5, 0.6) is 11.6 Å². The molecule has 0 radical (unpaired) electrons. The minimum atomic E-state index is -1.03. The van der Waals surface area contributed by atoms with Gasteiger partial charge in [-0.05, 0) is 43.2 Å². The van der Waals surface area contributed by atoms with Crippen LogP contribution in [0.3, 0.4) is 0 Å². The van der Waals surface area contributed by atoms with Crippen molar-refractivity contribution in [1.82, 2.24) is 4.98 Å². The second-order valence-electron chi connectivity index (χ2n) is 4.34. The Hall–Kier alpha value is -2.87. The summed E-state index contributed by atoms with van der Waals surface area (Å²) in [6.45, 7) is 3.68. The standard InChI is InChI=1S/C15H12N2O3/c1-9-5-11(7-16)6-10(2)14(9)20-13-4-3-12(8-17-13)15(18)19/h3-6,8H,1-2H3,(H,18,19). The normalized spacial score (nSPS) is 9.85. The number of ether oxygens (including phenoxy) is 1. The van der Waals surface area contributed by atoms with Crippen LogP contribution in [0.15, 0.2) is 30.5 Å². The average Bonchev–Trinajstić information content (AvgIpc) is 2.43. The van der Waals surface area contributed by atoms with E-state index in [0.29, 0.717) is 17.2 Å². The molecule has 0 amide bonds. The summed E-state index contributed by atoms with van der Waals surface area (Å²) >= 11 is 0. The fourth-order valence-electron chi connectivity index (χ4n) is 1.85. The Morgan fingerprint density at radius 2 is 1.95 bits per heavy atom. The number of pyridine rings is 1. The number of carboxylic acid groups (broad SMARTS) is 1. The molecule has 100 valence electrons. The van der Waals surface area contributed by atoms with Crippen LogP contribution < -0.4 is 4.74 Å². The Bertz CT molecular complexity index is 677. The lowest BCUT2D eigenvalue weighted by Gasteiger charge is -2.11. The van der Waals surface area contributed by atoms with Crippen LogP contribution in [0.1, 0.15) is 27.0 Å². The summed E-state index contributed by atoms with van der Waals surface area (Å²) in [5, 5.41) is 17.7. The van der Waals surface area contributed by atoms with Gasteiger partial charge in [0.1, 0.15) is 5.75 Å². The number of rotatable bonds is 3. The highest BCUT2D eigenvalue weighted by molar-refractivity contribution is 5.87. The first-order valence-electron chi connectivity index (χ1n) is 5.90. The van der Waals surface area contributed by atoms with Gasteiger partial charge >= 0.3 is 5.97 Å². The zero-order valence-corrected chi connectivity index (χ0v) is 11.0. The van der Waals surface area contributed by atoms with Gasteiger partial charge in [-0.15, -0.1) is 0 Å². The maximum atomic E-state index is 10.7. The van der Waals surface area contributed by atoms with Gasteiger partial charge in [0.15, 0.2) is 0 Å². The van der Waals surface area contributed by atoms with Crippen molar-refractivity contribution in [3.8, 4) is 17.7 Å². The Balaban J connectivity index is 2.31. The number of carboxylic acids is 1. The first kappa shape index (κ1) is 13.6. The van der Waals surface area contributed by atoms with Crippen molar-refractivity contribution in [3.05, 3.63) is 52.7 Å². The van der Waals surface area contributed by atoms with Crippen LogP contribution in [-0.4, -0.2) is 16.1 Å². The molecule has 5 nitrogen and oxygen atoms in total. The van der Waals surface area contributed by atoms with Gasteiger partial charge in [0.2, 0.25) is 5.88 Å². The minimum absolute atomic E-state index is 0.102. The number of aryl methyl sites for hydroxylation is 2. The number of hydrogen-bond donors (Lipinski definition) is 1. The Morgan fingerprint density at radius 1 is 1.30 bits per heavy atom. The largest absolute Gasteiger partial charge is 0.478 e. The second-order valence-corrected chi connectivity index (χ2v) is 4.34. The monoisotopic (exact) mass is 268 g/mol. The van der Waals surface area contributed by atoms with Gasteiger partial charge in [0, 0.05) is 12.3 Å². The van der Waals surface area contributed by atoms with E-state index >= 15 is 0 Å². The smallest absolute Gasteiger partial charge is 0.337 e. The fraction of sp³-hybridized carbons (Fsp3) is 0.133. The zero-order valence-electron chi connectivity index (χ0n) is 11.0. The lowest BCUT2D eigenvalue weighted by atomic mass is 10.1. The van der Waals surface area contributed by atoms with E-state index in [2.05, 4.69) is 11.1 Å². The summed E-state index contributed by atoms with van der Waals surface area (Å²) in [6.07, 6.45) is 1.24. The molecule has 1 N–H and O–H groups in total. The first-order chi connectivity index (χ1) is 9.51. The number of benzene rings is 1. The van der Waals surface area contributed by atoms with Crippen LogP contribution >= 0.6 is 0 Å². The van der Waals surface area contributed by atoms with Crippen molar-refractivity contribution in [2.45, 2.75) is 13.8 Å². The van der Waals surface area contributed by atoms with Gasteiger partial charge in [0.05, 0.1) is 17.2 Å². The van der Waals surface area contributed by atoms with Crippen LogP contribution in [-0.2, 0) is 0 Å². The molecule has 0 saturated heterocycles. The highest BCUT2D eigenvalue weighted by Crippen LogP contribution is 2.28. The molecule has 0 spiro atoms. The number of hydrogen-bond acceptors (Lipinski definition) is 4. The molecule has 1 aromatic carbocycles. The van der Waals surface area contributed by atoms with E-state index in [4.69, 9.17) is 15.1 Å². The molecule has 0 aliphatic rings. The van der Waals surface area contributed by atoms with Crippen molar-refractivity contribution in [3.63, 3.8) is 0 Å². The van der Waals surface area contributed by atoms with Gasteiger partial charge in [-0.2, -0.15) is 5.26 Å². The third-order valence-electron chi connectivity index (χ3n) is 2.78. The minimum Gasteiger partial charge on any atom is -0.478 e. The van der Waals surface area contributed by atoms with Gasteiger partial charge in [-0.1, -0.05) is 0 Å². The zero-order chi connectivity index (χ0) is 14.7. The third kappa shape index (κ3) is 2.75. The molecule has 0 atom stereocenters. The van der Waals surface area contributed by atoms with Crippen LogP contribution in [0.25, 0.3) is 0 Å². The number of carbonyl (C=O) groups is 1. The fourth-order valence-corrected chi connectivity index (χ4v) is 1.85. The maximum Gasteiger partial charge on any atom is 0.337 e. The lowest BCUT2D eigenvalue weighted by molar-refractivity contribution is 0.0696. The molecule has 1 aromatic heterocycles. The summed E-state index contributed by atoms with van der Waals surface area (Å²) in [5.41, 5.74) is 2.32. The summed E-state index contributed by atoms with van der Waals surface area (Å²) in [5.74, 6) is -0.0970. The summed E-state index contributed by atoms with van der Waals surface area (Å²) < 4.78 is 5.66. The van der Waals surface area contributed by atoms with Crippen LogP contribution in [0.4, 0.5) is 0 Å².